The second-order valence-corrected chi connectivity index (χ2v) is 7.43. The minimum atomic E-state index is -0.0268. The van der Waals surface area contributed by atoms with Crippen LogP contribution in [-0.4, -0.2) is 52.0 Å². The van der Waals surface area contributed by atoms with E-state index in [2.05, 4.69) is 15.6 Å². The van der Waals surface area contributed by atoms with Crippen LogP contribution in [-0.2, 0) is 6.54 Å². The Morgan fingerprint density at radius 1 is 1.25 bits per heavy atom. The number of nitrogens with zero attached hydrogens (tertiary/aromatic N) is 4. The molecule has 1 aromatic carbocycles. The third kappa shape index (κ3) is 4.15. The Labute approximate surface area is 171 Å². The van der Waals surface area contributed by atoms with Crippen LogP contribution >= 0.6 is 12.4 Å². The maximum absolute atomic E-state index is 13.3. The van der Waals surface area contributed by atoms with Gasteiger partial charge in [0.15, 0.2) is 5.69 Å². The molecule has 1 aliphatic heterocycles. The van der Waals surface area contributed by atoms with Crippen molar-refractivity contribution in [2.75, 3.05) is 20.2 Å². The molecule has 1 amide bonds. The van der Waals surface area contributed by atoms with E-state index in [1.807, 2.05) is 40.8 Å². The van der Waals surface area contributed by atoms with Crippen LogP contribution in [0.1, 0.15) is 53.5 Å². The van der Waals surface area contributed by atoms with Crippen molar-refractivity contribution in [3.63, 3.8) is 0 Å². The van der Waals surface area contributed by atoms with Crippen molar-refractivity contribution in [1.82, 2.24) is 25.2 Å². The molecule has 1 aromatic heterocycles. The topological polar surface area (TPSA) is 72.3 Å². The van der Waals surface area contributed by atoms with Gasteiger partial charge in [-0.05, 0) is 51.8 Å². The highest BCUT2D eigenvalue weighted by molar-refractivity contribution is 5.93. The standard InChI is InChI=1S/C20H27N5O2.ClH/c1-14-19(22-23-25(14)17-9-11-21-12-10-17)20(26)24(16-7-8-16)13-15-5-3-4-6-18(15)27-2;/h3-6,16-17,21H,7-13H2,1-2H3;1H. The van der Waals surface area contributed by atoms with Crippen LogP contribution in [0.3, 0.4) is 0 Å². The van der Waals surface area contributed by atoms with E-state index in [0.29, 0.717) is 18.3 Å². The van der Waals surface area contributed by atoms with Gasteiger partial charge in [0.05, 0.1) is 18.8 Å². The molecule has 2 heterocycles. The van der Waals surface area contributed by atoms with Crippen molar-refractivity contribution in [3.8, 4) is 5.75 Å². The number of carbonyl (C=O) groups is 1. The van der Waals surface area contributed by atoms with E-state index >= 15 is 0 Å². The summed E-state index contributed by atoms with van der Waals surface area (Å²) >= 11 is 0. The molecule has 0 bridgehead atoms. The molecule has 8 heteroatoms. The van der Waals surface area contributed by atoms with Gasteiger partial charge in [0.25, 0.3) is 5.91 Å². The van der Waals surface area contributed by atoms with Crippen molar-refractivity contribution in [2.45, 2.75) is 51.2 Å². The first-order valence-corrected chi connectivity index (χ1v) is 9.74. The number of benzene rings is 1. The Hall–Kier alpha value is -2.12. The van der Waals surface area contributed by atoms with Gasteiger partial charge in [-0.3, -0.25) is 4.79 Å². The lowest BCUT2D eigenvalue weighted by molar-refractivity contribution is 0.0721. The molecule has 1 N–H and O–H groups in total. The predicted molar refractivity (Wildman–Crippen MR) is 109 cm³/mol. The minimum Gasteiger partial charge on any atom is -0.496 e. The zero-order valence-electron chi connectivity index (χ0n) is 16.4. The van der Waals surface area contributed by atoms with E-state index < -0.39 is 0 Å². The first-order valence-electron chi connectivity index (χ1n) is 9.74. The normalized spacial score (nSPS) is 17.1. The van der Waals surface area contributed by atoms with Crippen molar-refractivity contribution < 1.29 is 9.53 Å². The van der Waals surface area contributed by atoms with Crippen molar-refractivity contribution >= 4 is 18.3 Å². The monoisotopic (exact) mass is 405 g/mol. The maximum atomic E-state index is 13.3. The highest BCUT2D eigenvalue weighted by atomic mass is 35.5. The summed E-state index contributed by atoms with van der Waals surface area (Å²) in [7, 11) is 1.66. The summed E-state index contributed by atoms with van der Waals surface area (Å²) in [6.45, 7) is 4.46. The highest BCUT2D eigenvalue weighted by Gasteiger charge is 2.36. The molecule has 0 unspecified atom stereocenters. The van der Waals surface area contributed by atoms with Crippen LogP contribution < -0.4 is 10.1 Å². The van der Waals surface area contributed by atoms with Gasteiger partial charge in [-0.15, -0.1) is 17.5 Å². The van der Waals surface area contributed by atoms with Gasteiger partial charge in [-0.1, -0.05) is 23.4 Å². The highest BCUT2D eigenvalue weighted by Crippen LogP contribution is 2.32. The number of ether oxygens (including phenoxy) is 1. The summed E-state index contributed by atoms with van der Waals surface area (Å²) in [6.07, 6.45) is 4.13. The molecule has 4 rings (SSSR count). The quantitative estimate of drug-likeness (QED) is 0.800. The summed E-state index contributed by atoms with van der Waals surface area (Å²) in [5.74, 6) is 0.784. The second kappa shape index (κ2) is 8.92. The van der Waals surface area contributed by atoms with Gasteiger partial charge < -0.3 is 15.0 Å². The van der Waals surface area contributed by atoms with Gasteiger partial charge in [-0.25, -0.2) is 4.68 Å². The van der Waals surface area contributed by atoms with E-state index in [9.17, 15) is 4.79 Å². The van der Waals surface area contributed by atoms with Crippen molar-refractivity contribution in [3.05, 3.63) is 41.2 Å². The average molecular weight is 406 g/mol. The van der Waals surface area contributed by atoms with Crippen LogP contribution in [0.25, 0.3) is 0 Å². The second-order valence-electron chi connectivity index (χ2n) is 7.43. The largest absolute Gasteiger partial charge is 0.496 e. The molecule has 152 valence electrons. The SMILES string of the molecule is COc1ccccc1CN(C(=O)c1nnn(C2CCNCC2)c1C)C1CC1.Cl. The number of halogens is 1. The Bertz CT molecular complexity index is 815. The number of carbonyl (C=O) groups excluding carboxylic acids is 1. The number of hydrogen-bond donors (Lipinski definition) is 1. The minimum absolute atomic E-state index is 0. The van der Waals surface area contributed by atoms with Crippen LogP contribution in [0.4, 0.5) is 0 Å². The number of aromatic nitrogens is 3. The molecule has 1 aliphatic carbocycles. The summed E-state index contributed by atoms with van der Waals surface area (Å²) < 4.78 is 7.41. The fraction of sp³-hybridized carbons (Fsp3) is 0.550. The Kier molecular flexibility index (Phi) is 6.57. The van der Waals surface area contributed by atoms with Crippen LogP contribution in [0.2, 0.25) is 0 Å². The number of nitrogens with one attached hydrogen (secondary N) is 1. The third-order valence-corrected chi connectivity index (χ3v) is 5.57. The summed E-state index contributed by atoms with van der Waals surface area (Å²) in [5.41, 5.74) is 2.37. The number of para-hydroxylation sites is 1. The molecule has 0 atom stereocenters. The van der Waals surface area contributed by atoms with Crippen molar-refractivity contribution in [2.24, 2.45) is 0 Å². The van der Waals surface area contributed by atoms with Crippen molar-refractivity contribution in [1.29, 1.82) is 0 Å². The summed E-state index contributed by atoms with van der Waals surface area (Å²) in [6, 6.07) is 8.48. The Morgan fingerprint density at radius 2 is 1.96 bits per heavy atom. The van der Waals surface area contributed by atoms with E-state index in [4.69, 9.17) is 4.74 Å². The summed E-state index contributed by atoms with van der Waals surface area (Å²) in [4.78, 5) is 15.2. The Morgan fingerprint density at radius 3 is 2.64 bits per heavy atom. The van der Waals surface area contributed by atoms with Crippen LogP contribution in [0, 0.1) is 6.92 Å². The average Bonchev–Trinajstić information content (AvgIpc) is 3.48. The van der Waals surface area contributed by atoms with Crippen LogP contribution in [0.5, 0.6) is 5.75 Å². The molecule has 28 heavy (non-hydrogen) atoms. The lowest BCUT2D eigenvalue weighted by Gasteiger charge is -2.24. The van der Waals surface area contributed by atoms with E-state index in [0.717, 1.165) is 55.8 Å². The molecule has 2 aliphatic rings. The number of piperidine rings is 1. The van der Waals surface area contributed by atoms with E-state index in [1.165, 1.54) is 0 Å². The molecule has 1 saturated carbocycles. The zero-order chi connectivity index (χ0) is 18.8. The molecule has 1 saturated heterocycles. The zero-order valence-corrected chi connectivity index (χ0v) is 17.2. The van der Waals surface area contributed by atoms with Gasteiger partial charge in [-0.2, -0.15) is 0 Å². The molecule has 0 radical (unpaired) electrons. The number of rotatable bonds is 6. The number of methoxy groups -OCH3 is 1. The molecule has 2 fully saturated rings. The smallest absolute Gasteiger partial charge is 0.276 e. The number of hydrogen-bond acceptors (Lipinski definition) is 5. The fourth-order valence-corrected chi connectivity index (χ4v) is 3.84. The van der Waals surface area contributed by atoms with Gasteiger partial charge in [0, 0.05) is 18.2 Å². The third-order valence-electron chi connectivity index (χ3n) is 5.57. The molecular formula is C20H28ClN5O2. The Balaban J connectivity index is 0.00000225. The first-order chi connectivity index (χ1) is 13.2. The first kappa shape index (κ1) is 20.6. The van der Waals surface area contributed by atoms with Gasteiger partial charge in [0.1, 0.15) is 5.75 Å². The van der Waals surface area contributed by atoms with Gasteiger partial charge >= 0.3 is 0 Å². The molecular weight excluding hydrogens is 378 g/mol. The molecule has 7 nitrogen and oxygen atoms in total. The fourth-order valence-electron chi connectivity index (χ4n) is 3.84. The predicted octanol–water partition coefficient (Wildman–Crippen LogP) is 2.75. The molecule has 2 aromatic rings. The lowest BCUT2D eigenvalue weighted by atomic mass is 10.1. The van der Waals surface area contributed by atoms with Gasteiger partial charge in [0.2, 0.25) is 0 Å². The maximum Gasteiger partial charge on any atom is 0.276 e. The lowest BCUT2D eigenvalue weighted by Crippen LogP contribution is -2.34. The number of amides is 1. The molecule has 0 spiro atoms. The van der Waals surface area contributed by atoms with Crippen LogP contribution in [0.15, 0.2) is 24.3 Å². The van der Waals surface area contributed by atoms with E-state index in [-0.39, 0.29) is 24.4 Å². The van der Waals surface area contributed by atoms with E-state index in [1.54, 1.807) is 7.11 Å². The summed E-state index contributed by atoms with van der Waals surface area (Å²) in [5, 5.41) is 12.0.